The third-order valence-electron chi connectivity index (χ3n) is 5.04. The van der Waals surface area contributed by atoms with Crippen molar-refractivity contribution in [3.63, 3.8) is 0 Å². The maximum atomic E-state index is 12.4. The molecule has 0 aliphatic rings. The lowest BCUT2D eigenvalue weighted by Gasteiger charge is -2.33. The van der Waals surface area contributed by atoms with Crippen LogP contribution >= 0.6 is 12.2 Å². The molecule has 0 aliphatic heterocycles. The van der Waals surface area contributed by atoms with Crippen molar-refractivity contribution in [2.75, 3.05) is 26.9 Å². The van der Waals surface area contributed by atoms with Gasteiger partial charge in [-0.15, -0.1) is 0 Å². The van der Waals surface area contributed by atoms with Gasteiger partial charge in [-0.05, 0) is 57.1 Å². The molecule has 0 radical (unpaired) electrons. The van der Waals surface area contributed by atoms with E-state index in [-0.39, 0.29) is 23.7 Å². The lowest BCUT2D eigenvalue weighted by molar-refractivity contribution is -0.154. The van der Waals surface area contributed by atoms with Gasteiger partial charge < -0.3 is 30.6 Å². The molecule has 0 saturated heterocycles. The van der Waals surface area contributed by atoms with Gasteiger partial charge in [-0.3, -0.25) is 4.79 Å². The van der Waals surface area contributed by atoms with E-state index in [1.54, 1.807) is 7.11 Å². The van der Waals surface area contributed by atoms with Crippen LogP contribution in [0.15, 0.2) is 48.5 Å². The second kappa shape index (κ2) is 12.4. The van der Waals surface area contributed by atoms with Crippen LogP contribution in [0.5, 0.6) is 11.5 Å². The zero-order chi connectivity index (χ0) is 24.4. The topological polar surface area (TPSA) is 100 Å². The van der Waals surface area contributed by atoms with Crippen LogP contribution < -0.4 is 20.9 Å². The molecule has 180 valence electrons. The van der Waals surface area contributed by atoms with Gasteiger partial charge in [-0.1, -0.05) is 30.3 Å². The van der Waals surface area contributed by atoms with Gasteiger partial charge in [0, 0.05) is 24.7 Å². The first-order chi connectivity index (χ1) is 15.7. The van der Waals surface area contributed by atoms with E-state index in [1.165, 1.54) is 0 Å². The summed E-state index contributed by atoms with van der Waals surface area (Å²) < 4.78 is 16.9. The number of carbonyl (C=O) groups is 1. The Bertz CT molecular complexity index is 916. The van der Waals surface area contributed by atoms with E-state index in [4.69, 9.17) is 37.9 Å². The van der Waals surface area contributed by atoms with Crippen molar-refractivity contribution in [3.05, 3.63) is 59.7 Å². The largest absolute Gasteiger partial charge is 0.496 e. The molecule has 0 saturated carbocycles. The molecule has 0 aliphatic carbocycles. The first-order valence-corrected chi connectivity index (χ1v) is 11.3. The van der Waals surface area contributed by atoms with Gasteiger partial charge in [0.2, 0.25) is 0 Å². The van der Waals surface area contributed by atoms with E-state index in [0.29, 0.717) is 37.6 Å². The van der Waals surface area contributed by atoms with Crippen LogP contribution in [-0.4, -0.2) is 48.9 Å². The minimum Gasteiger partial charge on any atom is -0.496 e. The number of thiocarbonyl (C=S) groups is 1. The summed E-state index contributed by atoms with van der Waals surface area (Å²) in [7, 11) is 1.60. The molecule has 4 N–H and O–H groups in total. The number of ether oxygens (including phenoxy) is 3. The van der Waals surface area contributed by atoms with Crippen LogP contribution in [0, 0.1) is 5.41 Å². The number of benzene rings is 2. The minimum atomic E-state index is -0.603. The Kier molecular flexibility index (Phi) is 9.94. The van der Waals surface area contributed by atoms with Crippen molar-refractivity contribution in [2.45, 2.75) is 39.8 Å². The Morgan fingerprint density at radius 3 is 2.42 bits per heavy atom. The quantitative estimate of drug-likeness (QED) is 0.379. The van der Waals surface area contributed by atoms with Crippen molar-refractivity contribution in [3.8, 4) is 11.5 Å². The highest BCUT2D eigenvalue weighted by molar-refractivity contribution is 7.80. The molecule has 0 aromatic heterocycles. The third-order valence-corrected chi connectivity index (χ3v) is 5.28. The fourth-order valence-corrected chi connectivity index (χ4v) is 3.44. The predicted molar refractivity (Wildman–Crippen MR) is 134 cm³/mol. The van der Waals surface area contributed by atoms with Gasteiger partial charge in [-0.2, -0.15) is 0 Å². The summed E-state index contributed by atoms with van der Waals surface area (Å²) in [5.41, 5.74) is 13.0. The molecule has 0 amide bonds. The fraction of sp³-hybridized carbons (Fsp3) is 0.440. The molecule has 33 heavy (non-hydrogen) atoms. The highest BCUT2D eigenvalue weighted by Gasteiger charge is 2.27. The molecule has 0 spiro atoms. The molecule has 7 nitrogen and oxygen atoms in total. The molecular formula is C25H35N3O4S. The first kappa shape index (κ1) is 26.4. The van der Waals surface area contributed by atoms with Gasteiger partial charge in [0.1, 0.15) is 24.7 Å². The van der Waals surface area contributed by atoms with Crippen LogP contribution in [-0.2, 0) is 22.5 Å². The molecule has 8 heteroatoms. The van der Waals surface area contributed by atoms with Gasteiger partial charge in [0.25, 0.3) is 0 Å². The highest BCUT2D eigenvalue weighted by Crippen LogP contribution is 2.27. The number of carbonyl (C=O) groups excluding carboxylic acids is 1. The van der Waals surface area contributed by atoms with E-state index in [2.05, 4.69) is 0 Å². The van der Waals surface area contributed by atoms with E-state index in [1.807, 2.05) is 74.2 Å². The van der Waals surface area contributed by atoms with E-state index in [0.717, 1.165) is 11.1 Å². The van der Waals surface area contributed by atoms with Gasteiger partial charge in [0.05, 0.1) is 18.6 Å². The average Bonchev–Trinajstić information content (AvgIpc) is 2.78. The molecule has 0 bridgehead atoms. The Morgan fingerprint density at radius 1 is 1.15 bits per heavy atom. The maximum absolute atomic E-state index is 12.4. The monoisotopic (exact) mass is 473 g/mol. The summed E-state index contributed by atoms with van der Waals surface area (Å²) in [5, 5.41) is 0.216. The standard InChI is InChI=1S/C25H35N3O4S/c1-25(2,3)23(29)32-17-20(14-18-8-6-5-7-9-18)28(24(27)33)16-19-10-11-21(31-13-12-26)15-22(19)30-4/h5-11,15,20H,12-14,16-17,26H2,1-4H3,(H2,27,33). The maximum Gasteiger partial charge on any atom is 0.311 e. The summed E-state index contributed by atoms with van der Waals surface area (Å²) in [6.45, 7) is 6.86. The van der Waals surface area contributed by atoms with Gasteiger partial charge >= 0.3 is 5.97 Å². The third kappa shape index (κ3) is 8.22. The predicted octanol–water partition coefficient (Wildman–Crippen LogP) is 3.28. The zero-order valence-corrected chi connectivity index (χ0v) is 20.7. The fourth-order valence-electron chi connectivity index (χ4n) is 3.23. The summed E-state index contributed by atoms with van der Waals surface area (Å²) >= 11 is 5.41. The number of methoxy groups -OCH3 is 1. The molecule has 2 rings (SSSR count). The molecule has 1 unspecified atom stereocenters. The Morgan fingerprint density at radius 2 is 1.85 bits per heavy atom. The van der Waals surface area contributed by atoms with Crippen molar-refractivity contribution >= 4 is 23.3 Å². The number of hydrogen-bond acceptors (Lipinski definition) is 6. The zero-order valence-electron chi connectivity index (χ0n) is 19.9. The van der Waals surface area contributed by atoms with E-state index in [9.17, 15) is 4.79 Å². The Hall–Kier alpha value is -2.84. The van der Waals surface area contributed by atoms with Crippen LogP contribution in [0.3, 0.4) is 0 Å². The second-order valence-corrected chi connectivity index (χ2v) is 9.19. The molecule has 2 aromatic carbocycles. The van der Waals surface area contributed by atoms with Gasteiger partial charge in [-0.25, -0.2) is 0 Å². The summed E-state index contributed by atoms with van der Waals surface area (Å²) in [6.07, 6.45) is 0.607. The number of hydrogen-bond donors (Lipinski definition) is 2. The lowest BCUT2D eigenvalue weighted by Crippen LogP contribution is -2.47. The molecule has 0 fully saturated rings. The smallest absolute Gasteiger partial charge is 0.311 e. The summed E-state index contributed by atoms with van der Waals surface area (Å²) in [5.74, 6) is 1.04. The van der Waals surface area contributed by atoms with E-state index >= 15 is 0 Å². The summed E-state index contributed by atoms with van der Waals surface area (Å²) in [6, 6.07) is 15.3. The lowest BCUT2D eigenvalue weighted by atomic mass is 9.97. The van der Waals surface area contributed by atoms with Gasteiger partial charge in [0.15, 0.2) is 5.11 Å². The second-order valence-electron chi connectivity index (χ2n) is 8.77. The normalized spacial score (nSPS) is 12.0. The van der Waals surface area contributed by atoms with Crippen molar-refractivity contribution in [2.24, 2.45) is 16.9 Å². The number of esters is 1. The highest BCUT2D eigenvalue weighted by atomic mass is 32.1. The molecule has 2 aromatic rings. The molecular weight excluding hydrogens is 438 g/mol. The van der Waals surface area contributed by atoms with Crippen LogP contribution in [0.1, 0.15) is 31.9 Å². The summed E-state index contributed by atoms with van der Waals surface area (Å²) in [4.78, 5) is 14.3. The van der Waals surface area contributed by atoms with Crippen LogP contribution in [0.2, 0.25) is 0 Å². The molecule has 1 atom stereocenters. The Balaban J connectivity index is 2.30. The van der Waals surface area contributed by atoms with Crippen LogP contribution in [0.4, 0.5) is 0 Å². The molecule has 0 heterocycles. The van der Waals surface area contributed by atoms with Crippen molar-refractivity contribution in [1.29, 1.82) is 0 Å². The number of nitrogens with two attached hydrogens (primary N) is 2. The average molecular weight is 474 g/mol. The van der Waals surface area contributed by atoms with Crippen molar-refractivity contribution in [1.82, 2.24) is 4.90 Å². The van der Waals surface area contributed by atoms with Crippen molar-refractivity contribution < 1.29 is 19.0 Å². The Labute approximate surface area is 202 Å². The number of nitrogens with zero attached hydrogens (tertiary/aromatic N) is 1. The van der Waals surface area contributed by atoms with E-state index < -0.39 is 5.41 Å². The van der Waals surface area contributed by atoms with Crippen LogP contribution in [0.25, 0.3) is 0 Å². The number of rotatable bonds is 11. The first-order valence-electron chi connectivity index (χ1n) is 10.9. The SMILES string of the molecule is COc1cc(OCCN)ccc1CN(C(N)=S)C(COC(=O)C(C)(C)C)Cc1ccccc1. The minimum absolute atomic E-state index is 0.155.